The average molecular weight is 458 g/mol. The van der Waals surface area contributed by atoms with Crippen molar-refractivity contribution >= 4 is 22.6 Å². The molecule has 3 aromatic rings. The van der Waals surface area contributed by atoms with Gasteiger partial charge in [0.1, 0.15) is 11.8 Å². The van der Waals surface area contributed by atoms with E-state index in [9.17, 15) is 14.7 Å². The van der Waals surface area contributed by atoms with Crippen molar-refractivity contribution in [1.29, 1.82) is 0 Å². The summed E-state index contributed by atoms with van der Waals surface area (Å²) in [7, 11) is 0. The van der Waals surface area contributed by atoms with Crippen LogP contribution < -0.4 is 5.32 Å². The Hall–Kier alpha value is -3.38. The van der Waals surface area contributed by atoms with Crippen LogP contribution in [0.1, 0.15) is 47.2 Å². The molecule has 3 aromatic carbocycles. The zero-order valence-corrected chi connectivity index (χ0v) is 19.4. The van der Waals surface area contributed by atoms with Crippen molar-refractivity contribution in [1.82, 2.24) is 15.1 Å². The first-order valence-electron chi connectivity index (χ1n) is 12.2. The van der Waals surface area contributed by atoms with E-state index in [-0.39, 0.29) is 23.1 Å². The quantitative estimate of drug-likeness (QED) is 0.586. The van der Waals surface area contributed by atoms with Gasteiger partial charge in [0.15, 0.2) is 0 Å². The van der Waals surface area contributed by atoms with E-state index in [1.807, 2.05) is 24.3 Å². The molecule has 0 saturated carbocycles. The monoisotopic (exact) mass is 457 g/mol. The molecule has 2 amide bonds. The van der Waals surface area contributed by atoms with Gasteiger partial charge in [-0.25, -0.2) is 0 Å². The molecule has 6 nitrogen and oxygen atoms in total. The number of hydrogen-bond acceptors (Lipinski definition) is 4. The fourth-order valence-corrected chi connectivity index (χ4v) is 5.13. The number of fused-ring (bicyclic) bond motifs is 1. The molecule has 1 atom stereocenters. The first-order chi connectivity index (χ1) is 16.6. The number of carbonyl (C=O) groups excluding carboxylic acids is 2. The SMILES string of the molecule is O=C(NCc1ccc(CN2CCCC2)cc1)[C@H]1CCCN1C(=O)c1ccc2ccccc2c1O. The summed E-state index contributed by atoms with van der Waals surface area (Å²) in [5.41, 5.74) is 2.58. The molecule has 0 aromatic heterocycles. The van der Waals surface area contributed by atoms with Crippen LogP contribution in [0.25, 0.3) is 10.8 Å². The Kier molecular flexibility index (Phi) is 6.50. The summed E-state index contributed by atoms with van der Waals surface area (Å²) in [4.78, 5) is 30.3. The number of benzene rings is 3. The number of likely N-dealkylation sites (tertiary alicyclic amines) is 2. The smallest absolute Gasteiger partial charge is 0.258 e. The van der Waals surface area contributed by atoms with Gasteiger partial charge in [-0.15, -0.1) is 0 Å². The lowest BCUT2D eigenvalue weighted by Gasteiger charge is -2.24. The van der Waals surface area contributed by atoms with Crippen molar-refractivity contribution in [3.63, 3.8) is 0 Å². The van der Waals surface area contributed by atoms with Gasteiger partial charge in [-0.2, -0.15) is 0 Å². The summed E-state index contributed by atoms with van der Waals surface area (Å²) in [5, 5.41) is 15.2. The predicted molar refractivity (Wildman–Crippen MR) is 132 cm³/mol. The minimum atomic E-state index is -0.521. The van der Waals surface area contributed by atoms with Crippen LogP contribution in [0.3, 0.4) is 0 Å². The summed E-state index contributed by atoms with van der Waals surface area (Å²) in [6, 6.07) is 18.8. The number of carbonyl (C=O) groups is 2. The van der Waals surface area contributed by atoms with Crippen LogP contribution in [-0.4, -0.2) is 52.4 Å². The Morgan fingerprint density at radius 3 is 2.41 bits per heavy atom. The van der Waals surface area contributed by atoms with Crippen LogP contribution in [0.5, 0.6) is 5.75 Å². The number of phenols is 1. The van der Waals surface area contributed by atoms with Gasteiger partial charge in [0.05, 0.1) is 5.56 Å². The molecular formula is C28H31N3O3. The van der Waals surface area contributed by atoms with Gasteiger partial charge in [-0.3, -0.25) is 14.5 Å². The van der Waals surface area contributed by atoms with Crippen LogP contribution in [0.4, 0.5) is 0 Å². The maximum Gasteiger partial charge on any atom is 0.258 e. The minimum Gasteiger partial charge on any atom is -0.506 e. The van der Waals surface area contributed by atoms with E-state index >= 15 is 0 Å². The molecule has 0 unspecified atom stereocenters. The third-order valence-corrected chi connectivity index (χ3v) is 7.04. The molecule has 2 fully saturated rings. The van der Waals surface area contributed by atoms with Crippen LogP contribution in [0, 0.1) is 0 Å². The maximum absolute atomic E-state index is 13.3. The maximum atomic E-state index is 13.3. The van der Waals surface area contributed by atoms with Crippen molar-refractivity contribution < 1.29 is 14.7 Å². The van der Waals surface area contributed by atoms with E-state index in [4.69, 9.17) is 0 Å². The van der Waals surface area contributed by atoms with Crippen LogP contribution >= 0.6 is 0 Å². The van der Waals surface area contributed by atoms with Crippen molar-refractivity contribution in [2.45, 2.75) is 44.8 Å². The minimum absolute atomic E-state index is 0.0248. The van der Waals surface area contributed by atoms with Gasteiger partial charge in [0.2, 0.25) is 5.91 Å². The predicted octanol–water partition coefficient (Wildman–Crippen LogP) is 4.06. The molecule has 0 spiro atoms. The van der Waals surface area contributed by atoms with Crippen molar-refractivity contribution in [2.75, 3.05) is 19.6 Å². The largest absolute Gasteiger partial charge is 0.506 e. The van der Waals surface area contributed by atoms with E-state index in [1.54, 1.807) is 17.0 Å². The summed E-state index contributed by atoms with van der Waals surface area (Å²) >= 11 is 0. The Morgan fingerprint density at radius 2 is 1.62 bits per heavy atom. The first kappa shape index (κ1) is 22.4. The van der Waals surface area contributed by atoms with Gasteiger partial charge in [0.25, 0.3) is 5.91 Å². The third kappa shape index (κ3) is 4.64. The topological polar surface area (TPSA) is 72.9 Å². The normalized spacial score (nSPS) is 18.5. The van der Waals surface area contributed by atoms with Gasteiger partial charge in [-0.05, 0) is 61.4 Å². The molecule has 5 rings (SSSR count). The number of amides is 2. The standard InChI is InChI=1S/C28H31N3O3/c32-26-23-7-2-1-6-22(23)13-14-24(26)28(34)31-17-5-8-25(31)27(33)29-18-20-9-11-21(12-10-20)19-30-15-3-4-16-30/h1-2,6-7,9-14,25,32H,3-5,8,15-19H2,(H,29,33)/t25-/m1/s1. The van der Waals surface area contributed by atoms with E-state index < -0.39 is 6.04 Å². The van der Waals surface area contributed by atoms with Crippen LogP contribution in [0.15, 0.2) is 60.7 Å². The van der Waals surface area contributed by atoms with Gasteiger partial charge < -0.3 is 15.3 Å². The summed E-state index contributed by atoms with van der Waals surface area (Å²) < 4.78 is 0. The number of nitrogens with zero attached hydrogens (tertiary/aromatic N) is 2. The highest BCUT2D eigenvalue weighted by Crippen LogP contribution is 2.31. The number of hydrogen-bond donors (Lipinski definition) is 2. The Balaban J connectivity index is 1.22. The number of nitrogens with one attached hydrogen (secondary N) is 1. The molecular weight excluding hydrogens is 426 g/mol. The van der Waals surface area contributed by atoms with E-state index in [0.29, 0.717) is 24.9 Å². The Bertz CT molecular complexity index is 1190. The van der Waals surface area contributed by atoms with Crippen LogP contribution in [-0.2, 0) is 17.9 Å². The highest BCUT2D eigenvalue weighted by atomic mass is 16.3. The van der Waals surface area contributed by atoms with E-state index in [1.165, 1.54) is 31.5 Å². The highest BCUT2D eigenvalue weighted by Gasteiger charge is 2.35. The van der Waals surface area contributed by atoms with E-state index in [2.05, 4.69) is 34.5 Å². The lowest BCUT2D eigenvalue weighted by molar-refractivity contribution is -0.125. The summed E-state index contributed by atoms with van der Waals surface area (Å²) in [5.74, 6) is -0.470. The first-order valence-corrected chi connectivity index (χ1v) is 12.2. The molecule has 0 radical (unpaired) electrons. The van der Waals surface area contributed by atoms with Gasteiger partial charge >= 0.3 is 0 Å². The average Bonchev–Trinajstić information content (AvgIpc) is 3.56. The molecule has 0 aliphatic carbocycles. The second kappa shape index (κ2) is 9.85. The molecule has 176 valence electrons. The molecule has 0 bridgehead atoms. The second-order valence-corrected chi connectivity index (χ2v) is 9.36. The molecule has 2 aliphatic heterocycles. The molecule has 2 heterocycles. The molecule has 2 saturated heterocycles. The van der Waals surface area contributed by atoms with Crippen molar-refractivity contribution in [3.05, 3.63) is 77.4 Å². The fourth-order valence-electron chi connectivity index (χ4n) is 5.13. The highest BCUT2D eigenvalue weighted by molar-refractivity contribution is 6.05. The zero-order chi connectivity index (χ0) is 23.5. The molecule has 6 heteroatoms. The van der Waals surface area contributed by atoms with Crippen molar-refractivity contribution in [3.8, 4) is 5.75 Å². The molecule has 2 aliphatic rings. The van der Waals surface area contributed by atoms with Crippen LogP contribution in [0.2, 0.25) is 0 Å². The van der Waals surface area contributed by atoms with E-state index in [0.717, 1.165) is 23.9 Å². The lowest BCUT2D eigenvalue weighted by atomic mass is 10.0. The summed E-state index contributed by atoms with van der Waals surface area (Å²) in [6.45, 7) is 4.27. The van der Waals surface area contributed by atoms with Crippen molar-refractivity contribution in [2.24, 2.45) is 0 Å². The van der Waals surface area contributed by atoms with Gasteiger partial charge in [-0.1, -0.05) is 54.6 Å². The lowest BCUT2D eigenvalue weighted by Crippen LogP contribution is -2.45. The summed E-state index contributed by atoms with van der Waals surface area (Å²) in [6.07, 6.45) is 3.96. The number of rotatable bonds is 6. The number of phenolic OH excluding ortho intramolecular Hbond substituents is 1. The molecule has 34 heavy (non-hydrogen) atoms. The zero-order valence-electron chi connectivity index (χ0n) is 19.4. The molecule has 2 N–H and O–H groups in total. The Labute approximate surface area is 200 Å². The Morgan fingerprint density at radius 1 is 0.882 bits per heavy atom. The third-order valence-electron chi connectivity index (χ3n) is 7.04. The fraction of sp³-hybridized carbons (Fsp3) is 0.357. The second-order valence-electron chi connectivity index (χ2n) is 9.36. The van der Waals surface area contributed by atoms with Gasteiger partial charge in [0, 0.05) is 25.0 Å². The number of aromatic hydroxyl groups is 1.